The average Bonchev–Trinajstić information content (AvgIpc) is 3.23. The van der Waals surface area contributed by atoms with Gasteiger partial charge in [0.05, 0.1) is 14.2 Å². The molecule has 21 heavy (non-hydrogen) atoms. The second-order valence-electron chi connectivity index (χ2n) is 7.24. The Labute approximate surface area is 128 Å². The SMILES string of the molecule is COc1ccc(C2(CNC(C)C)CC3(CC3)C2)cc1OC. The van der Waals surface area contributed by atoms with E-state index in [1.807, 2.05) is 6.07 Å². The standard InChI is InChI=1S/C18H27NO2/c1-13(2)19-12-18(10-17(11-18)7-8-17)14-5-6-15(20-3)16(9-14)21-4/h5-6,9,13,19H,7-8,10-12H2,1-4H3. The minimum atomic E-state index is 0.278. The zero-order chi connectivity index (χ0) is 15.1. The number of nitrogens with one attached hydrogen (secondary N) is 1. The molecule has 3 heteroatoms. The lowest BCUT2D eigenvalue weighted by atomic mass is 9.56. The number of methoxy groups -OCH3 is 2. The molecule has 0 aliphatic heterocycles. The molecule has 116 valence electrons. The minimum absolute atomic E-state index is 0.278. The predicted octanol–water partition coefficient (Wildman–Crippen LogP) is 3.51. The van der Waals surface area contributed by atoms with Crippen LogP contribution < -0.4 is 14.8 Å². The number of hydrogen-bond donors (Lipinski definition) is 1. The van der Waals surface area contributed by atoms with Crippen molar-refractivity contribution >= 4 is 0 Å². The smallest absolute Gasteiger partial charge is 0.161 e. The first-order valence-electron chi connectivity index (χ1n) is 7.98. The van der Waals surface area contributed by atoms with Crippen molar-refractivity contribution in [2.75, 3.05) is 20.8 Å². The van der Waals surface area contributed by atoms with E-state index < -0.39 is 0 Å². The highest BCUT2D eigenvalue weighted by molar-refractivity contribution is 5.47. The van der Waals surface area contributed by atoms with Crippen LogP contribution in [-0.4, -0.2) is 26.8 Å². The van der Waals surface area contributed by atoms with E-state index in [1.165, 1.54) is 31.2 Å². The fraction of sp³-hybridized carbons (Fsp3) is 0.667. The van der Waals surface area contributed by atoms with Gasteiger partial charge in [0, 0.05) is 18.0 Å². The van der Waals surface area contributed by atoms with E-state index in [1.54, 1.807) is 14.2 Å². The molecule has 0 bridgehead atoms. The van der Waals surface area contributed by atoms with Crippen LogP contribution in [0.3, 0.4) is 0 Å². The van der Waals surface area contributed by atoms with Crippen LogP contribution in [0.1, 0.15) is 45.1 Å². The number of benzene rings is 1. The highest BCUT2D eigenvalue weighted by Crippen LogP contribution is 2.69. The van der Waals surface area contributed by atoms with Gasteiger partial charge in [-0.1, -0.05) is 19.9 Å². The second kappa shape index (κ2) is 5.20. The molecule has 1 spiro atoms. The lowest BCUT2D eigenvalue weighted by Gasteiger charge is -2.50. The molecule has 0 saturated heterocycles. The topological polar surface area (TPSA) is 30.5 Å². The molecule has 0 radical (unpaired) electrons. The Kier molecular flexibility index (Phi) is 3.64. The van der Waals surface area contributed by atoms with Crippen molar-refractivity contribution in [3.05, 3.63) is 23.8 Å². The molecule has 0 unspecified atom stereocenters. The molecule has 2 saturated carbocycles. The molecule has 1 aromatic rings. The molecule has 3 rings (SSSR count). The Morgan fingerprint density at radius 2 is 1.76 bits per heavy atom. The van der Waals surface area contributed by atoms with Gasteiger partial charge in [-0.05, 0) is 48.8 Å². The van der Waals surface area contributed by atoms with Crippen molar-refractivity contribution in [3.63, 3.8) is 0 Å². The van der Waals surface area contributed by atoms with Gasteiger partial charge in [-0.25, -0.2) is 0 Å². The Bertz CT molecular complexity index is 512. The highest BCUT2D eigenvalue weighted by atomic mass is 16.5. The molecule has 0 amide bonds. The molecule has 2 fully saturated rings. The lowest BCUT2D eigenvalue weighted by molar-refractivity contribution is 0.113. The quantitative estimate of drug-likeness (QED) is 0.869. The third-order valence-corrected chi connectivity index (χ3v) is 5.23. The summed E-state index contributed by atoms with van der Waals surface area (Å²) in [6.07, 6.45) is 5.47. The van der Waals surface area contributed by atoms with Crippen molar-refractivity contribution in [1.82, 2.24) is 5.32 Å². The summed E-state index contributed by atoms with van der Waals surface area (Å²) in [6.45, 7) is 5.49. The van der Waals surface area contributed by atoms with E-state index >= 15 is 0 Å². The normalized spacial score (nSPS) is 21.2. The maximum Gasteiger partial charge on any atom is 0.161 e. The van der Waals surface area contributed by atoms with Crippen LogP contribution in [-0.2, 0) is 5.41 Å². The summed E-state index contributed by atoms with van der Waals surface area (Å²) in [5.41, 5.74) is 2.34. The highest BCUT2D eigenvalue weighted by Gasteiger charge is 2.61. The Morgan fingerprint density at radius 3 is 2.29 bits per heavy atom. The van der Waals surface area contributed by atoms with E-state index in [4.69, 9.17) is 9.47 Å². The van der Waals surface area contributed by atoms with Crippen LogP contribution in [0.5, 0.6) is 11.5 Å². The van der Waals surface area contributed by atoms with E-state index in [2.05, 4.69) is 31.3 Å². The maximum atomic E-state index is 5.49. The summed E-state index contributed by atoms with van der Waals surface area (Å²) in [4.78, 5) is 0. The molecule has 0 atom stereocenters. The van der Waals surface area contributed by atoms with Crippen LogP contribution in [0.4, 0.5) is 0 Å². The second-order valence-corrected chi connectivity index (χ2v) is 7.24. The van der Waals surface area contributed by atoms with Gasteiger partial charge in [0.25, 0.3) is 0 Å². The molecule has 0 heterocycles. The predicted molar refractivity (Wildman–Crippen MR) is 85.3 cm³/mol. The summed E-state index contributed by atoms with van der Waals surface area (Å²) >= 11 is 0. The molecule has 3 nitrogen and oxygen atoms in total. The maximum absolute atomic E-state index is 5.49. The van der Waals surface area contributed by atoms with E-state index in [0.717, 1.165) is 18.0 Å². The zero-order valence-electron chi connectivity index (χ0n) is 13.7. The Hall–Kier alpha value is -1.22. The fourth-order valence-corrected chi connectivity index (χ4v) is 3.91. The summed E-state index contributed by atoms with van der Waals surface area (Å²) in [6, 6.07) is 6.97. The monoisotopic (exact) mass is 289 g/mol. The number of ether oxygens (including phenoxy) is 2. The van der Waals surface area contributed by atoms with Crippen LogP contribution in [0.2, 0.25) is 0 Å². The van der Waals surface area contributed by atoms with Gasteiger partial charge in [-0.3, -0.25) is 0 Å². The summed E-state index contributed by atoms with van der Waals surface area (Å²) < 4.78 is 10.9. The number of hydrogen-bond acceptors (Lipinski definition) is 3. The zero-order valence-corrected chi connectivity index (χ0v) is 13.7. The fourth-order valence-electron chi connectivity index (χ4n) is 3.91. The summed E-state index contributed by atoms with van der Waals surface area (Å²) in [5, 5.41) is 3.65. The van der Waals surface area contributed by atoms with E-state index in [9.17, 15) is 0 Å². The van der Waals surface area contributed by atoms with E-state index in [0.29, 0.717) is 11.5 Å². The van der Waals surface area contributed by atoms with Crippen LogP contribution in [0, 0.1) is 5.41 Å². The molecule has 0 aromatic heterocycles. The summed E-state index contributed by atoms with van der Waals surface area (Å²) in [7, 11) is 3.40. The largest absolute Gasteiger partial charge is 0.493 e. The van der Waals surface area contributed by atoms with Crippen LogP contribution >= 0.6 is 0 Å². The first-order valence-corrected chi connectivity index (χ1v) is 7.98. The van der Waals surface area contributed by atoms with Gasteiger partial charge in [-0.2, -0.15) is 0 Å². The Morgan fingerprint density at radius 1 is 1.10 bits per heavy atom. The van der Waals surface area contributed by atoms with Crippen molar-refractivity contribution in [3.8, 4) is 11.5 Å². The van der Waals surface area contributed by atoms with Crippen molar-refractivity contribution < 1.29 is 9.47 Å². The molecular formula is C18H27NO2. The van der Waals surface area contributed by atoms with Crippen molar-refractivity contribution in [2.45, 2.75) is 51.0 Å². The molecule has 1 aromatic carbocycles. The third kappa shape index (κ3) is 2.64. The Balaban J connectivity index is 1.86. The van der Waals surface area contributed by atoms with Crippen LogP contribution in [0.15, 0.2) is 18.2 Å². The summed E-state index contributed by atoms with van der Waals surface area (Å²) in [5.74, 6) is 1.66. The molecule has 2 aliphatic rings. The number of rotatable bonds is 6. The third-order valence-electron chi connectivity index (χ3n) is 5.23. The van der Waals surface area contributed by atoms with Crippen molar-refractivity contribution in [1.29, 1.82) is 0 Å². The van der Waals surface area contributed by atoms with Gasteiger partial charge in [-0.15, -0.1) is 0 Å². The van der Waals surface area contributed by atoms with Gasteiger partial charge in [0.2, 0.25) is 0 Å². The molecule has 2 aliphatic carbocycles. The average molecular weight is 289 g/mol. The molecular weight excluding hydrogens is 262 g/mol. The first-order chi connectivity index (χ1) is 10.0. The minimum Gasteiger partial charge on any atom is -0.493 e. The lowest BCUT2D eigenvalue weighted by Crippen LogP contribution is -2.50. The molecule has 1 N–H and O–H groups in total. The van der Waals surface area contributed by atoms with E-state index in [-0.39, 0.29) is 5.41 Å². The van der Waals surface area contributed by atoms with Gasteiger partial charge in [0.1, 0.15) is 0 Å². The van der Waals surface area contributed by atoms with Crippen molar-refractivity contribution in [2.24, 2.45) is 5.41 Å². The van der Waals surface area contributed by atoms with Gasteiger partial charge in [0.15, 0.2) is 11.5 Å². The van der Waals surface area contributed by atoms with Gasteiger partial charge < -0.3 is 14.8 Å². The van der Waals surface area contributed by atoms with Gasteiger partial charge >= 0.3 is 0 Å². The van der Waals surface area contributed by atoms with Crippen LogP contribution in [0.25, 0.3) is 0 Å². The first kappa shape index (κ1) is 14.7.